The molecule has 0 bridgehead atoms. The van der Waals surface area contributed by atoms with E-state index in [4.69, 9.17) is 4.84 Å². The molecule has 2 heterocycles. The zero-order valence-corrected chi connectivity index (χ0v) is 18.0. The number of imidazole rings is 1. The largest absolute Gasteiger partial charge is 0.365 e. The molecule has 2 aromatic carbocycles. The predicted octanol–water partition coefficient (Wildman–Crippen LogP) is 3.29. The van der Waals surface area contributed by atoms with Crippen molar-refractivity contribution in [1.29, 1.82) is 0 Å². The summed E-state index contributed by atoms with van der Waals surface area (Å²) in [6.07, 6.45) is -0.0116. The number of carbonyl (C=O) groups is 4. The van der Waals surface area contributed by atoms with E-state index in [-0.39, 0.29) is 24.0 Å². The predicted molar refractivity (Wildman–Crippen MR) is 114 cm³/mol. The van der Waals surface area contributed by atoms with Crippen molar-refractivity contribution >= 4 is 56.6 Å². The normalized spacial score (nSPS) is 13.7. The fourth-order valence-electron chi connectivity index (χ4n) is 3.28. The summed E-state index contributed by atoms with van der Waals surface area (Å²) in [5.74, 6) is -2.18. The number of benzene rings is 2. The standard InChI is InChI=1S/C21H17BrN4O5/c1-2-25-16-6-4-3-5-15(16)23-21(25)24-19(29)12-7-8-14(22)13(11-12)20(30)31-26-17(27)9-10-18(26)28/h3-8,11H,2,9-10H2,1H3,(H,23,24,29). The molecule has 4 rings (SSSR count). The van der Waals surface area contributed by atoms with Gasteiger partial charge < -0.3 is 9.40 Å². The molecule has 31 heavy (non-hydrogen) atoms. The minimum Gasteiger partial charge on any atom is -0.325 e. The molecule has 1 N–H and O–H groups in total. The van der Waals surface area contributed by atoms with Gasteiger partial charge in [-0.25, -0.2) is 9.78 Å². The number of nitrogens with one attached hydrogen (secondary N) is 1. The minimum absolute atomic E-state index is 0.00384. The van der Waals surface area contributed by atoms with E-state index in [9.17, 15) is 19.2 Å². The summed E-state index contributed by atoms with van der Waals surface area (Å²) in [6.45, 7) is 2.55. The van der Waals surface area contributed by atoms with E-state index in [0.29, 0.717) is 22.0 Å². The second-order valence-corrected chi connectivity index (χ2v) is 7.63. The second-order valence-electron chi connectivity index (χ2n) is 6.78. The second kappa shape index (κ2) is 8.31. The molecule has 1 saturated heterocycles. The summed E-state index contributed by atoms with van der Waals surface area (Å²) in [6, 6.07) is 11.9. The molecule has 0 radical (unpaired) electrons. The quantitative estimate of drug-likeness (QED) is 0.556. The van der Waals surface area contributed by atoms with Crippen molar-refractivity contribution < 1.29 is 24.0 Å². The molecule has 0 spiro atoms. The number of aromatic nitrogens is 2. The van der Waals surface area contributed by atoms with Crippen LogP contribution in [-0.4, -0.2) is 38.3 Å². The number of para-hydroxylation sites is 2. The van der Waals surface area contributed by atoms with Gasteiger partial charge in [-0.2, -0.15) is 0 Å². The van der Waals surface area contributed by atoms with Gasteiger partial charge in [-0.05, 0) is 53.2 Å². The van der Waals surface area contributed by atoms with Crippen LogP contribution in [-0.2, 0) is 21.0 Å². The number of imide groups is 1. The maximum atomic E-state index is 12.8. The van der Waals surface area contributed by atoms with Crippen molar-refractivity contribution in [3.63, 3.8) is 0 Å². The SMILES string of the molecule is CCn1c(NC(=O)c2ccc(Br)c(C(=O)ON3C(=O)CCC3=O)c2)nc2ccccc21. The first kappa shape index (κ1) is 20.7. The molecule has 1 aliphatic rings. The van der Waals surface area contributed by atoms with E-state index >= 15 is 0 Å². The summed E-state index contributed by atoms with van der Waals surface area (Å²) in [5, 5.41) is 3.23. The van der Waals surface area contributed by atoms with Crippen molar-refractivity contribution in [3.8, 4) is 0 Å². The Morgan fingerprint density at radius 1 is 1.13 bits per heavy atom. The monoisotopic (exact) mass is 484 g/mol. The summed E-state index contributed by atoms with van der Waals surface area (Å²) in [5.41, 5.74) is 1.83. The van der Waals surface area contributed by atoms with E-state index in [1.165, 1.54) is 18.2 Å². The lowest BCUT2D eigenvalue weighted by atomic mass is 10.1. The summed E-state index contributed by atoms with van der Waals surface area (Å²) >= 11 is 3.24. The smallest absolute Gasteiger partial charge is 0.325 e. The first-order valence-electron chi connectivity index (χ1n) is 9.53. The Morgan fingerprint density at radius 3 is 2.55 bits per heavy atom. The zero-order chi connectivity index (χ0) is 22.1. The van der Waals surface area contributed by atoms with Gasteiger partial charge in [0.2, 0.25) is 5.95 Å². The van der Waals surface area contributed by atoms with Crippen LogP contribution in [0.15, 0.2) is 46.9 Å². The summed E-state index contributed by atoms with van der Waals surface area (Å²) in [7, 11) is 0. The number of hydrogen-bond donors (Lipinski definition) is 1. The molecule has 158 valence electrons. The van der Waals surface area contributed by atoms with E-state index < -0.39 is 23.7 Å². The van der Waals surface area contributed by atoms with Gasteiger partial charge in [-0.15, -0.1) is 5.06 Å². The lowest BCUT2D eigenvalue weighted by molar-refractivity contribution is -0.172. The molecule has 0 aliphatic carbocycles. The first-order valence-corrected chi connectivity index (χ1v) is 10.3. The molecule has 3 aromatic rings. The number of amides is 3. The maximum Gasteiger partial charge on any atom is 0.365 e. The van der Waals surface area contributed by atoms with Crippen LogP contribution >= 0.6 is 15.9 Å². The van der Waals surface area contributed by atoms with Crippen molar-refractivity contribution in [3.05, 3.63) is 58.1 Å². The minimum atomic E-state index is -0.925. The zero-order valence-electron chi connectivity index (χ0n) is 16.4. The number of fused-ring (bicyclic) bond motifs is 1. The highest BCUT2D eigenvalue weighted by Crippen LogP contribution is 2.23. The highest BCUT2D eigenvalue weighted by atomic mass is 79.9. The highest BCUT2D eigenvalue weighted by Gasteiger charge is 2.33. The Balaban J connectivity index is 1.58. The lowest BCUT2D eigenvalue weighted by Crippen LogP contribution is -2.32. The third kappa shape index (κ3) is 3.93. The molecule has 3 amide bonds. The van der Waals surface area contributed by atoms with E-state index in [0.717, 1.165) is 11.0 Å². The van der Waals surface area contributed by atoms with Crippen LogP contribution in [0.1, 0.15) is 40.5 Å². The van der Waals surface area contributed by atoms with Crippen LogP contribution in [0.2, 0.25) is 0 Å². The Labute approximate surface area is 185 Å². The first-order chi connectivity index (χ1) is 14.9. The van der Waals surface area contributed by atoms with Gasteiger partial charge in [0.1, 0.15) is 0 Å². The molecular formula is C21H17BrN4O5. The van der Waals surface area contributed by atoms with Gasteiger partial charge in [0.25, 0.3) is 17.7 Å². The fourth-order valence-corrected chi connectivity index (χ4v) is 3.69. The maximum absolute atomic E-state index is 12.8. The number of hydrogen-bond acceptors (Lipinski definition) is 6. The number of nitrogens with zero attached hydrogens (tertiary/aromatic N) is 3. The summed E-state index contributed by atoms with van der Waals surface area (Å²) < 4.78 is 2.22. The number of carbonyl (C=O) groups excluding carboxylic acids is 4. The Hall–Kier alpha value is -3.53. The van der Waals surface area contributed by atoms with Gasteiger partial charge >= 0.3 is 5.97 Å². The van der Waals surface area contributed by atoms with Gasteiger partial charge in [0, 0.05) is 29.4 Å². The lowest BCUT2D eigenvalue weighted by Gasteiger charge is -2.14. The molecule has 0 saturated carbocycles. The highest BCUT2D eigenvalue weighted by molar-refractivity contribution is 9.10. The Bertz CT molecular complexity index is 1220. The van der Waals surface area contributed by atoms with Crippen molar-refractivity contribution in [2.24, 2.45) is 0 Å². The average Bonchev–Trinajstić information content (AvgIpc) is 3.27. The molecule has 9 nitrogen and oxygen atoms in total. The van der Waals surface area contributed by atoms with Crippen LogP contribution in [0, 0.1) is 0 Å². The van der Waals surface area contributed by atoms with Gasteiger partial charge in [0.05, 0.1) is 16.6 Å². The van der Waals surface area contributed by atoms with Gasteiger partial charge in [-0.1, -0.05) is 12.1 Å². The van der Waals surface area contributed by atoms with Crippen molar-refractivity contribution in [2.75, 3.05) is 5.32 Å². The van der Waals surface area contributed by atoms with E-state index in [1.54, 1.807) is 0 Å². The summed E-state index contributed by atoms with van der Waals surface area (Å²) in [4.78, 5) is 58.2. The molecule has 1 fully saturated rings. The topological polar surface area (TPSA) is 111 Å². The fraction of sp³-hybridized carbons (Fsp3) is 0.190. The number of aryl methyl sites for hydroxylation is 1. The van der Waals surface area contributed by atoms with Gasteiger partial charge in [0.15, 0.2) is 0 Å². The van der Waals surface area contributed by atoms with Crippen molar-refractivity contribution in [1.82, 2.24) is 14.6 Å². The number of anilines is 1. The third-order valence-corrected chi connectivity index (χ3v) is 5.52. The molecule has 1 aliphatic heterocycles. The van der Waals surface area contributed by atoms with E-state index in [1.807, 2.05) is 35.8 Å². The molecule has 10 heteroatoms. The van der Waals surface area contributed by atoms with Crippen molar-refractivity contribution in [2.45, 2.75) is 26.3 Å². The number of hydroxylamine groups is 2. The van der Waals surface area contributed by atoms with E-state index in [2.05, 4.69) is 26.2 Å². The van der Waals surface area contributed by atoms with Crippen LogP contribution in [0.25, 0.3) is 11.0 Å². The van der Waals surface area contributed by atoms with Crippen LogP contribution in [0.5, 0.6) is 0 Å². The van der Waals surface area contributed by atoms with Crippen LogP contribution in [0.4, 0.5) is 5.95 Å². The third-order valence-electron chi connectivity index (χ3n) is 4.82. The van der Waals surface area contributed by atoms with Crippen LogP contribution < -0.4 is 5.32 Å². The molecule has 0 unspecified atom stereocenters. The molecule has 1 aromatic heterocycles. The number of rotatable bonds is 5. The Kier molecular flexibility index (Phi) is 5.55. The van der Waals surface area contributed by atoms with Gasteiger partial charge in [-0.3, -0.25) is 19.7 Å². The molecule has 0 atom stereocenters. The Morgan fingerprint density at radius 2 is 1.84 bits per heavy atom. The number of halogens is 1. The average molecular weight is 485 g/mol. The van der Waals surface area contributed by atoms with Crippen LogP contribution in [0.3, 0.4) is 0 Å². The molecular weight excluding hydrogens is 468 g/mol.